The molecule has 3 aromatic rings. The van der Waals surface area contributed by atoms with Gasteiger partial charge in [0.05, 0.1) is 0 Å². The predicted molar refractivity (Wildman–Crippen MR) is 91.7 cm³/mol. The minimum atomic E-state index is 0.399. The first kappa shape index (κ1) is 14.9. The minimum absolute atomic E-state index is 0.399. The molecule has 22 heavy (non-hydrogen) atoms. The predicted octanol–water partition coefficient (Wildman–Crippen LogP) is 4.57. The van der Waals surface area contributed by atoms with Crippen molar-refractivity contribution in [2.24, 2.45) is 0 Å². The van der Waals surface area contributed by atoms with Crippen LogP contribution < -0.4 is 5.32 Å². The molecule has 1 aromatic carbocycles. The Bertz CT molecular complexity index is 780. The summed E-state index contributed by atoms with van der Waals surface area (Å²) in [6.45, 7) is 0.643. The lowest BCUT2D eigenvalue weighted by Crippen LogP contribution is -2.03. The first-order valence-electron chi connectivity index (χ1n) is 6.64. The van der Waals surface area contributed by atoms with Crippen LogP contribution in [0.15, 0.2) is 59.3 Å². The number of aromatic nitrogens is 3. The van der Waals surface area contributed by atoms with Crippen molar-refractivity contribution in [2.45, 2.75) is 6.54 Å². The molecule has 0 unspecified atom stereocenters. The summed E-state index contributed by atoms with van der Waals surface area (Å²) in [4.78, 5) is 12.7. The van der Waals surface area contributed by atoms with Crippen LogP contribution in [0.1, 0.15) is 5.56 Å². The van der Waals surface area contributed by atoms with E-state index in [1.165, 1.54) is 0 Å². The van der Waals surface area contributed by atoms with Gasteiger partial charge in [-0.3, -0.25) is 4.98 Å². The Kier molecular flexibility index (Phi) is 4.65. The summed E-state index contributed by atoms with van der Waals surface area (Å²) in [6.07, 6.45) is 3.40. The third kappa shape index (κ3) is 3.61. The molecule has 0 aliphatic carbocycles. The third-order valence-corrected chi connectivity index (χ3v) is 4.02. The van der Waals surface area contributed by atoms with Crippen molar-refractivity contribution in [1.82, 2.24) is 15.0 Å². The lowest BCUT2D eigenvalue weighted by Gasteiger charge is -2.09. The Balaban J connectivity index is 1.83. The number of anilines is 1. The maximum absolute atomic E-state index is 6.10. The van der Waals surface area contributed by atoms with Gasteiger partial charge < -0.3 is 5.32 Å². The van der Waals surface area contributed by atoms with Crippen LogP contribution in [0.2, 0.25) is 5.15 Å². The van der Waals surface area contributed by atoms with Gasteiger partial charge >= 0.3 is 0 Å². The number of pyridine rings is 1. The van der Waals surface area contributed by atoms with Crippen LogP contribution in [0.3, 0.4) is 0 Å². The molecule has 0 saturated carbocycles. The van der Waals surface area contributed by atoms with Crippen LogP contribution in [-0.2, 0) is 6.54 Å². The van der Waals surface area contributed by atoms with Crippen LogP contribution >= 0.6 is 27.5 Å². The van der Waals surface area contributed by atoms with Crippen molar-refractivity contribution in [2.75, 3.05) is 5.32 Å². The summed E-state index contributed by atoms with van der Waals surface area (Å²) in [7, 11) is 0. The van der Waals surface area contributed by atoms with E-state index < -0.39 is 0 Å². The maximum atomic E-state index is 6.10. The molecule has 2 aromatic heterocycles. The van der Waals surface area contributed by atoms with Gasteiger partial charge in [-0.05, 0) is 23.8 Å². The summed E-state index contributed by atoms with van der Waals surface area (Å²) >= 11 is 9.63. The van der Waals surface area contributed by atoms with E-state index in [-0.39, 0.29) is 0 Å². The van der Waals surface area contributed by atoms with E-state index >= 15 is 0 Å². The fourth-order valence-corrected chi connectivity index (χ4v) is 2.57. The molecular weight excluding hydrogens is 364 g/mol. The normalized spacial score (nSPS) is 10.5. The first-order valence-corrected chi connectivity index (χ1v) is 7.82. The van der Waals surface area contributed by atoms with E-state index in [0.29, 0.717) is 23.3 Å². The molecule has 1 N–H and O–H groups in total. The van der Waals surface area contributed by atoms with Gasteiger partial charge in [0.15, 0.2) is 5.82 Å². The number of hydrogen-bond acceptors (Lipinski definition) is 4. The zero-order chi connectivity index (χ0) is 15.4. The molecule has 0 aliphatic heterocycles. The molecule has 3 rings (SSSR count). The van der Waals surface area contributed by atoms with Gasteiger partial charge in [0.2, 0.25) is 0 Å². The summed E-state index contributed by atoms with van der Waals surface area (Å²) in [6, 6.07) is 13.4. The second kappa shape index (κ2) is 6.85. The number of benzene rings is 1. The molecule has 0 aliphatic rings. The van der Waals surface area contributed by atoms with E-state index in [1.54, 1.807) is 18.5 Å². The van der Waals surface area contributed by atoms with Crippen molar-refractivity contribution < 1.29 is 0 Å². The molecule has 0 spiro atoms. The standard InChI is InChI=1S/C16H12BrClN4/c17-13-4-2-1-3-12(13)10-20-15-9-14(18)21-16(22-15)11-5-7-19-8-6-11/h1-9H,10H2,(H,20,21,22). The molecular formula is C16H12BrClN4. The molecule has 0 saturated heterocycles. The highest BCUT2D eigenvalue weighted by molar-refractivity contribution is 9.10. The Hall–Kier alpha value is -1.98. The Labute approximate surface area is 141 Å². The SMILES string of the molecule is Clc1cc(NCc2ccccc2Br)nc(-c2ccncc2)n1. The highest BCUT2D eigenvalue weighted by Gasteiger charge is 2.06. The molecule has 0 atom stereocenters. The monoisotopic (exact) mass is 374 g/mol. The van der Waals surface area contributed by atoms with Gasteiger partial charge in [-0.25, -0.2) is 9.97 Å². The quantitative estimate of drug-likeness (QED) is 0.679. The fraction of sp³-hybridized carbons (Fsp3) is 0.0625. The van der Waals surface area contributed by atoms with Crippen LogP contribution in [0, 0.1) is 0 Å². The lowest BCUT2D eigenvalue weighted by atomic mass is 10.2. The highest BCUT2D eigenvalue weighted by atomic mass is 79.9. The van der Waals surface area contributed by atoms with E-state index in [0.717, 1.165) is 15.6 Å². The zero-order valence-electron chi connectivity index (χ0n) is 11.5. The van der Waals surface area contributed by atoms with Gasteiger partial charge in [0.25, 0.3) is 0 Å². The van der Waals surface area contributed by atoms with Gasteiger partial charge in [0, 0.05) is 35.0 Å². The molecule has 0 amide bonds. The zero-order valence-corrected chi connectivity index (χ0v) is 13.8. The molecule has 110 valence electrons. The number of rotatable bonds is 4. The third-order valence-electron chi connectivity index (χ3n) is 3.05. The Morgan fingerprint density at radius 1 is 1.05 bits per heavy atom. The number of hydrogen-bond donors (Lipinski definition) is 1. The van der Waals surface area contributed by atoms with Crippen molar-refractivity contribution in [3.05, 3.63) is 70.0 Å². The number of nitrogens with zero attached hydrogens (tertiary/aromatic N) is 3. The summed E-state index contributed by atoms with van der Waals surface area (Å²) in [5.41, 5.74) is 2.02. The van der Waals surface area contributed by atoms with Gasteiger partial charge in [0.1, 0.15) is 11.0 Å². The second-order valence-corrected chi connectivity index (χ2v) is 5.82. The van der Waals surface area contributed by atoms with Crippen molar-refractivity contribution in [1.29, 1.82) is 0 Å². The molecule has 0 bridgehead atoms. The largest absolute Gasteiger partial charge is 0.366 e. The van der Waals surface area contributed by atoms with Crippen molar-refractivity contribution in [3.63, 3.8) is 0 Å². The smallest absolute Gasteiger partial charge is 0.163 e. The summed E-state index contributed by atoms with van der Waals surface area (Å²) in [5.74, 6) is 1.26. The van der Waals surface area contributed by atoms with E-state index in [4.69, 9.17) is 11.6 Å². The maximum Gasteiger partial charge on any atom is 0.163 e. The van der Waals surface area contributed by atoms with Crippen LogP contribution in [0.5, 0.6) is 0 Å². The second-order valence-electron chi connectivity index (χ2n) is 4.58. The van der Waals surface area contributed by atoms with Gasteiger partial charge in [-0.15, -0.1) is 0 Å². The van der Waals surface area contributed by atoms with Crippen molar-refractivity contribution in [3.8, 4) is 11.4 Å². The van der Waals surface area contributed by atoms with Crippen molar-refractivity contribution >= 4 is 33.3 Å². The molecule has 0 fully saturated rings. The first-order chi connectivity index (χ1) is 10.7. The molecule has 4 nitrogen and oxygen atoms in total. The van der Waals surface area contributed by atoms with Gasteiger partial charge in [-0.2, -0.15) is 0 Å². The average molecular weight is 376 g/mol. The van der Waals surface area contributed by atoms with Crippen LogP contribution in [-0.4, -0.2) is 15.0 Å². The fourth-order valence-electron chi connectivity index (χ4n) is 1.97. The average Bonchev–Trinajstić information content (AvgIpc) is 2.54. The molecule has 0 radical (unpaired) electrons. The van der Waals surface area contributed by atoms with Crippen LogP contribution in [0.4, 0.5) is 5.82 Å². The summed E-state index contributed by atoms with van der Waals surface area (Å²) < 4.78 is 1.05. The highest BCUT2D eigenvalue weighted by Crippen LogP contribution is 2.21. The summed E-state index contributed by atoms with van der Waals surface area (Å²) in [5, 5.41) is 3.67. The number of halogens is 2. The lowest BCUT2D eigenvalue weighted by molar-refractivity contribution is 1.08. The molecule has 6 heteroatoms. The Morgan fingerprint density at radius 2 is 1.82 bits per heavy atom. The van der Waals surface area contributed by atoms with Crippen LogP contribution in [0.25, 0.3) is 11.4 Å². The number of nitrogens with one attached hydrogen (secondary N) is 1. The molecule has 2 heterocycles. The topological polar surface area (TPSA) is 50.7 Å². The van der Waals surface area contributed by atoms with Gasteiger partial charge in [-0.1, -0.05) is 45.7 Å². The minimum Gasteiger partial charge on any atom is -0.366 e. The Morgan fingerprint density at radius 3 is 2.59 bits per heavy atom. The van der Waals surface area contributed by atoms with E-state index in [2.05, 4.69) is 36.2 Å². The van der Waals surface area contributed by atoms with E-state index in [9.17, 15) is 0 Å². The van der Waals surface area contributed by atoms with E-state index in [1.807, 2.05) is 36.4 Å².